The first-order valence-corrected chi connectivity index (χ1v) is 6.09. The Balaban J connectivity index is 2.10. The van der Waals surface area contributed by atoms with Gasteiger partial charge in [0.2, 0.25) is 0 Å². The number of nitrogens with zero attached hydrogens (tertiary/aromatic N) is 6. The van der Waals surface area contributed by atoms with Crippen molar-refractivity contribution in [3.8, 4) is 11.5 Å². The maximum absolute atomic E-state index is 11.5. The molecule has 0 aliphatic carbocycles. The van der Waals surface area contributed by atoms with Crippen LogP contribution in [0.15, 0.2) is 23.6 Å². The van der Waals surface area contributed by atoms with Gasteiger partial charge in [0.15, 0.2) is 11.5 Å². The SMILES string of the molecule is COc1cc([N+](=O)[O-])cc(/C=N/NC(=O)Cn2cnnn2)c1O. The molecule has 0 bridgehead atoms. The molecule has 0 aliphatic heterocycles. The molecule has 0 spiro atoms. The summed E-state index contributed by atoms with van der Waals surface area (Å²) in [7, 11) is 1.26. The number of aromatic hydroxyl groups is 1. The summed E-state index contributed by atoms with van der Waals surface area (Å²) in [5.41, 5.74) is 1.90. The average molecular weight is 321 g/mol. The summed E-state index contributed by atoms with van der Waals surface area (Å²) in [5.74, 6) is -0.942. The second-order valence-corrected chi connectivity index (χ2v) is 4.14. The molecule has 0 aliphatic rings. The average Bonchev–Trinajstić information content (AvgIpc) is 3.01. The largest absolute Gasteiger partial charge is 0.504 e. The fourth-order valence-electron chi connectivity index (χ4n) is 1.58. The van der Waals surface area contributed by atoms with E-state index < -0.39 is 10.8 Å². The molecule has 2 N–H and O–H groups in total. The Labute approximate surface area is 128 Å². The number of amides is 1. The second-order valence-electron chi connectivity index (χ2n) is 4.14. The third-order valence-corrected chi connectivity index (χ3v) is 2.61. The predicted octanol–water partition coefficient (Wildman–Crippen LogP) is -0.554. The Hall–Kier alpha value is -3.57. The van der Waals surface area contributed by atoms with E-state index in [-0.39, 0.29) is 29.3 Å². The molecule has 2 aromatic rings. The number of benzene rings is 1. The normalized spacial score (nSPS) is 10.7. The van der Waals surface area contributed by atoms with Crippen molar-refractivity contribution in [1.82, 2.24) is 25.6 Å². The van der Waals surface area contributed by atoms with Crippen LogP contribution in [0, 0.1) is 10.1 Å². The highest BCUT2D eigenvalue weighted by Gasteiger charge is 2.15. The molecule has 1 aromatic heterocycles. The van der Waals surface area contributed by atoms with Gasteiger partial charge in [-0.25, -0.2) is 10.1 Å². The van der Waals surface area contributed by atoms with Crippen LogP contribution in [0.3, 0.4) is 0 Å². The van der Waals surface area contributed by atoms with E-state index in [9.17, 15) is 20.0 Å². The Bertz CT molecular complexity index is 743. The van der Waals surface area contributed by atoms with E-state index in [1.54, 1.807) is 0 Å². The molecule has 0 unspecified atom stereocenters. The van der Waals surface area contributed by atoms with Gasteiger partial charge in [0.1, 0.15) is 12.9 Å². The first-order valence-electron chi connectivity index (χ1n) is 6.09. The van der Waals surface area contributed by atoms with Crippen molar-refractivity contribution in [2.75, 3.05) is 7.11 Å². The summed E-state index contributed by atoms with van der Waals surface area (Å²) in [6, 6.07) is 2.16. The summed E-state index contributed by atoms with van der Waals surface area (Å²) in [4.78, 5) is 21.7. The molecule has 2 rings (SSSR count). The lowest BCUT2D eigenvalue weighted by Crippen LogP contribution is -2.23. The number of ether oxygens (including phenoxy) is 1. The third kappa shape index (κ3) is 3.96. The minimum atomic E-state index is -0.643. The minimum absolute atomic E-state index is 0.0128. The number of methoxy groups -OCH3 is 1. The van der Waals surface area contributed by atoms with Gasteiger partial charge in [0, 0.05) is 11.6 Å². The van der Waals surface area contributed by atoms with Gasteiger partial charge in [0.25, 0.3) is 11.6 Å². The number of hydrogen-bond acceptors (Lipinski definition) is 9. The predicted molar refractivity (Wildman–Crippen MR) is 74.9 cm³/mol. The van der Waals surface area contributed by atoms with Gasteiger partial charge >= 0.3 is 0 Å². The number of aromatic nitrogens is 4. The molecule has 0 atom stereocenters. The minimum Gasteiger partial charge on any atom is -0.504 e. The van der Waals surface area contributed by atoms with Crippen molar-refractivity contribution >= 4 is 17.8 Å². The lowest BCUT2D eigenvalue weighted by atomic mass is 10.2. The molecule has 0 saturated heterocycles. The second kappa shape index (κ2) is 6.93. The maximum Gasteiger partial charge on any atom is 0.274 e. The van der Waals surface area contributed by atoms with Crippen LogP contribution in [0.4, 0.5) is 5.69 Å². The molecular formula is C11H11N7O5. The van der Waals surface area contributed by atoms with Gasteiger partial charge in [-0.1, -0.05) is 0 Å². The van der Waals surface area contributed by atoms with Crippen molar-refractivity contribution in [3.05, 3.63) is 34.1 Å². The van der Waals surface area contributed by atoms with Crippen molar-refractivity contribution in [1.29, 1.82) is 0 Å². The van der Waals surface area contributed by atoms with Crippen LogP contribution in [-0.2, 0) is 11.3 Å². The van der Waals surface area contributed by atoms with E-state index in [0.717, 1.165) is 18.3 Å². The van der Waals surface area contributed by atoms with Crippen LogP contribution < -0.4 is 10.2 Å². The van der Waals surface area contributed by atoms with Gasteiger partial charge < -0.3 is 9.84 Å². The molecule has 0 saturated carbocycles. The quantitative estimate of drug-likeness (QED) is 0.407. The topological polar surface area (TPSA) is 158 Å². The number of carbonyl (C=O) groups is 1. The van der Waals surface area contributed by atoms with Crippen LogP contribution in [0.5, 0.6) is 11.5 Å². The number of rotatable bonds is 6. The highest BCUT2D eigenvalue weighted by molar-refractivity contribution is 5.87. The molecule has 12 heteroatoms. The highest BCUT2D eigenvalue weighted by Crippen LogP contribution is 2.33. The monoisotopic (exact) mass is 321 g/mol. The van der Waals surface area contributed by atoms with E-state index >= 15 is 0 Å². The summed E-state index contributed by atoms with van der Waals surface area (Å²) in [6.45, 7) is -0.158. The molecule has 0 radical (unpaired) electrons. The lowest BCUT2D eigenvalue weighted by molar-refractivity contribution is -0.385. The van der Waals surface area contributed by atoms with E-state index in [1.165, 1.54) is 18.1 Å². The number of phenolic OH excluding ortho intramolecular Hbond substituents is 1. The number of non-ortho nitro benzene ring substituents is 1. The Kier molecular flexibility index (Phi) is 4.76. The van der Waals surface area contributed by atoms with E-state index in [1.807, 2.05) is 0 Å². The fourth-order valence-corrected chi connectivity index (χ4v) is 1.58. The lowest BCUT2D eigenvalue weighted by Gasteiger charge is -2.06. The van der Waals surface area contributed by atoms with Gasteiger partial charge in [-0.3, -0.25) is 14.9 Å². The van der Waals surface area contributed by atoms with Crippen LogP contribution >= 0.6 is 0 Å². The van der Waals surface area contributed by atoms with Crippen LogP contribution in [0.2, 0.25) is 0 Å². The first kappa shape index (κ1) is 15.8. The van der Waals surface area contributed by atoms with Crippen molar-refractivity contribution in [3.63, 3.8) is 0 Å². The smallest absolute Gasteiger partial charge is 0.274 e. The summed E-state index contributed by atoms with van der Waals surface area (Å²) < 4.78 is 6.02. The molecule has 0 fully saturated rings. The number of hydrogen-bond donors (Lipinski definition) is 2. The first-order chi connectivity index (χ1) is 11.0. The van der Waals surface area contributed by atoms with Gasteiger partial charge in [-0.15, -0.1) is 5.10 Å². The summed E-state index contributed by atoms with van der Waals surface area (Å²) in [5, 5.41) is 34.6. The van der Waals surface area contributed by atoms with Crippen LogP contribution in [0.25, 0.3) is 0 Å². The molecule has 120 valence electrons. The Morgan fingerprint density at radius 2 is 2.39 bits per heavy atom. The zero-order valence-corrected chi connectivity index (χ0v) is 11.8. The molecule has 1 heterocycles. The fraction of sp³-hybridized carbons (Fsp3) is 0.182. The number of nitro groups is 1. The van der Waals surface area contributed by atoms with E-state index in [2.05, 4.69) is 26.1 Å². The molecular weight excluding hydrogens is 310 g/mol. The maximum atomic E-state index is 11.5. The van der Waals surface area contributed by atoms with Crippen molar-refractivity contribution in [2.24, 2.45) is 5.10 Å². The number of hydrazone groups is 1. The van der Waals surface area contributed by atoms with Gasteiger partial charge in [-0.2, -0.15) is 5.10 Å². The number of nitrogens with one attached hydrogen (secondary N) is 1. The molecule has 1 amide bonds. The van der Waals surface area contributed by atoms with Crippen LogP contribution in [0.1, 0.15) is 5.56 Å². The van der Waals surface area contributed by atoms with Gasteiger partial charge in [0.05, 0.1) is 24.3 Å². The highest BCUT2D eigenvalue weighted by atomic mass is 16.6. The molecule has 1 aromatic carbocycles. The number of tetrazole rings is 1. The summed E-state index contributed by atoms with van der Waals surface area (Å²) in [6.07, 6.45) is 2.31. The number of carbonyl (C=O) groups excluding carboxylic acids is 1. The Morgan fingerprint density at radius 1 is 1.61 bits per heavy atom. The van der Waals surface area contributed by atoms with E-state index in [0.29, 0.717) is 0 Å². The molecule has 23 heavy (non-hydrogen) atoms. The zero-order valence-electron chi connectivity index (χ0n) is 11.8. The number of phenols is 1. The Morgan fingerprint density at radius 3 is 3.00 bits per heavy atom. The zero-order chi connectivity index (χ0) is 16.8. The summed E-state index contributed by atoms with van der Waals surface area (Å²) >= 11 is 0. The van der Waals surface area contributed by atoms with Crippen molar-refractivity contribution < 1.29 is 19.6 Å². The van der Waals surface area contributed by atoms with Gasteiger partial charge in [-0.05, 0) is 10.4 Å². The molecule has 12 nitrogen and oxygen atoms in total. The standard InChI is InChI=1S/C11H11N7O5/c1-23-9-3-8(18(21)22)2-7(11(9)20)4-12-14-10(19)5-17-6-13-15-16-17/h2-4,6,20H,5H2,1H3,(H,14,19)/b12-4+. The van der Waals surface area contributed by atoms with Crippen LogP contribution in [-0.4, -0.2) is 49.5 Å². The third-order valence-electron chi connectivity index (χ3n) is 2.61. The van der Waals surface area contributed by atoms with Crippen molar-refractivity contribution in [2.45, 2.75) is 6.54 Å². The number of nitro benzene ring substituents is 1. The van der Waals surface area contributed by atoms with E-state index in [4.69, 9.17) is 4.74 Å².